The highest BCUT2D eigenvalue weighted by molar-refractivity contribution is 7.81. The normalized spacial score (nSPS) is 35.0. The molecule has 0 aliphatic heterocycles. The summed E-state index contributed by atoms with van der Waals surface area (Å²) in [6, 6.07) is 0.378. The second-order valence-electron chi connectivity index (χ2n) is 4.65. The van der Waals surface area contributed by atoms with E-state index in [1.807, 2.05) is 6.92 Å². The van der Waals surface area contributed by atoms with Gasteiger partial charge in [0.05, 0.1) is 5.25 Å². The first kappa shape index (κ1) is 11.9. The minimum absolute atomic E-state index is 0.0695. The largest absolute Gasteiger partial charge is 0.352 e. The SMILES string of the molecule is CC(S)C(=O)NC1CCC(C)C(C)C1. The molecule has 0 saturated heterocycles. The molecular formula is C11H21NOS. The van der Waals surface area contributed by atoms with Crippen LogP contribution in [0.15, 0.2) is 0 Å². The van der Waals surface area contributed by atoms with Crippen LogP contribution in [-0.2, 0) is 4.79 Å². The summed E-state index contributed by atoms with van der Waals surface area (Å²) in [6.07, 6.45) is 3.47. The van der Waals surface area contributed by atoms with Crippen molar-refractivity contribution in [1.29, 1.82) is 0 Å². The number of carbonyl (C=O) groups excluding carboxylic acids is 1. The van der Waals surface area contributed by atoms with Crippen LogP contribution in [0.4, 0.5) is 0 Å². The zero-order valence-corrected chi connectivity index (χ0v) is 10.2. The van der Waals surface area contributed by atoms with Crippen LogP contribution in [0.5, 0.6) is 0 Å². The molecule has 1 saturated carbocycles. The monoisotopic (exact) mass is 215 g/mol. The average molecular weight is 215 g/mol. The molecule has 4 unspecified atom stereocenters. The van der Waals surface area contributed by atoms with Gasteiger partial charge in [0, 0.05) is 6.04 Å². The van der Waals surface area contributed by atoms with Gasteiger partial charge < -0.3 is 5.32 Å². The number of thiol groups is 1. The second-order valence-corrected chi connectivity index (χ2v) is 5.42. The lowest BCUT2D eigenvalue weighted by molar-refractivity contribution is -0.121. The molecule has 0 spiro atoms. The van der Waals surface area contributed by atoms with Gasteiger partial charge in [0.2, 0.25) is 5.91 Å². The molecule has 0 bridgehead atoms. The van der Waals surface area contributed by atoms with Crippen LogP contribution in [0.1, 0.15) is 40.0 Å². The number of hydrogen-bond donors (Lipinski definition) is 2. The number of nitrogens with one attached hydrogen (secondary N) is 1. The molecule has 1 rings (SSSR count). The summed E-state index contributed by atoms with van der Waals surface area (Å²) in [7, 11) is 0. The van der Waals surface area contributed by atoms with E-state index in [0.717, 1.165) is 24.7 Å². The number of hydrogen-bond acceptors (Lipinski definition) is 2. The van der Waals surface area contributed by atoms with Crippen molar-refractivity contribution in [3.63, 3.8) is 0 Å². The van der Waals surface area contributed by atoms with Gasteiger partial charge in [0.1, 0.15) is 0 Å². The van der Waals surface area contributed by atoms with Gasteiger partial charge in [-0.2, -0.15) is 12.6 Å². The van der Waals surface area contributed by atoms with Gasteiger partial charge in [-0.15, -0.1) is 0 Å². The van der Waals surface area contributed by atoms with Gasteiger partial charge >= 0.3 is 0 Å². The molecular weight excluding hydrogens is 194 g/mol. The van der Waals surface area contributed by atoms with E-state index in [0.29, 0.717) is 6.04 Å². The van der Waals surface area contributed by atoms with Gasteiger partial charge in [-0.05, 0) is 38.0 Å². The Bertz CT molecular complexity index is 205. The summed E-state index contributed by atoms with van der Waals surface area (Å²) in [4.78, 5) is 11.4. The van der Waals surface area contributed by atoms with Crippen LogP contribution in [0.25, 0.3) is 0 Å². The molecule has 82 valence electrons. The molecule has 0 aromatic heterocycles. The van der Waals surface area contributed by atoms with Crippen molar-refractivity contribution in [3.8, 4) is 0 Å². The molecule has 1 aliphatic rings. The maximum atomic E-state index is 11.4. The third-order valence-corrected chi connectivity index (χ3v) is 3.56. The van der Waals surface area contributed by atoms with Crippen molar-refractivity contribution in [2.24, 2.45) is 11.8 Å². The fraction of sp³-hybridized carbons (Fsp3) is 0.909. The Morgan fingerprint density at radius 2 is 2.00 bits per heavy atom. The summed E-state index contributed by atoms with van der Waals surface area (Å²) < 4.78 is 0. The van der Waals surface area contributed by atoms with Gasteiger partial charge in [-0.25, -0.2) is 0 Å². The first-order valence-corrected chi connectivity index (χ1v) is 6.00. The molecule has 0 radical (unpaired) electrons. The zero-order chi connectivity index (χ0) is 10.7. The van der Waals surface area contributed by atoms with Crippen molar-refractivity contribution < 1.29 is 4.79 Å². The Balaban J connectivity index is 2.37. The summed E-state index contributed by atoms with van der Waals surface area (Å²) in [5.74, 6) is 1.60. The molecule has 1 aliphatic carbocycles. The van der Waals surface area contributed by atoms with Crippen LogP contribution >= 0.6 is 12.6 Å². The van der Waals surface area contributed by atoms with Crippen LogP contribution in [0.3, 0.4) is 0 Å². The van der Waals surface area contributed by atoms with Gasteiger partial charge in [-0.3, -0.25) is 4.79 Å². The molecule has 0 aromatic rings. The Morgan fingerprint density at radius 1 is 1.36 bits per heavy atom. The highest BCUT2D eigenvalue weighted by atomic mass is 32.1. The molecule has 3 heteroatoms. The van der Waals surface area contributed by atoms with Crippen LogP contribution in [0, 0.1) is 11.8 Å². The van der Waals surface area contributed by atoms with E-state index in [2.05, 4.69) is 31.8 Å². The molecule has 0 heterocycles. The molecule has 0 aromatic carbocycles. The predicted octanol–water partition coefficient (Wildman–Crippen LogP) is 2.25. The van der Waals surface area contributed by atoms with Crippen molar-refractivity contribution >= 4 is 18.5 Å². The topological polar surface area (TPSA) is 29.1 Å². The average Bonchev–Trinajstić information content (AvgIpc) is 2.11. The number of amides is 1. The summed E-state index contributed by atoms with van der Waals surface area (Å²) >= 11 is 4.12. The second kappa shape index (κ2) is 5.06. The maximum Gasteiger partial charge on any atom is 0.232 e. The first-order valence-electron chi connectivity index (χ1n) is 5.49. The molecule has 1 N–H and O–H groups in total. The first-order chi connectivity index (χ1) is 6.50. The Labute approximate surface area is 92.2 Å². The quantitative estimate of drug-likeness (QED) is 0.680. The Morgan fingerprint density at radius 3 is 2.50 bits per heavy atom. The lowest BCUT2D eigenvalue weighted by Gasteiger charge is -2.32. The molecule has 1 amide bonds. The summed E-state index contributed by atoms with van der Waals surface area (Å²) in [5, 5.41) is 2.86. The Hall–Kier alpha value is -0.180. The van der Waals surface area contributed by atoms with E-state index >= 15 is 0 Å². The molecule has 1 fully saturated rings. The highest BCUT2D eigenvalue weighted by Crippen LogP contribution is 2.29. The number of carbonyl (C=O) groups is 1. The summed E-state index contributed by atoms with van der Waals surface area (Å²) in [5.41, 5.74) is 0. The van der Waals surface area contributed by atoms with Crippen molar-refractivity contribution in [2.45, 2.75) is 51.3 Å². The molecule has 14 heavy (non-hydrogen) atoms. The van der Waals surface area contributed by atoms with E-state index in [1.54, 1.807) is 0 Å². The van der Waals surface area contributed by atoms with Gasteiger partial charge in [0.25, 0.3) is 0 Å². The smallest absolute Gasteiger partial charge is 0.232 e. The van der Waals surface area contributed by atoms with Crippen molar-refractivity contribution in [2.75, 3.05) is 0 Å². The van der Waals surface area contributed by atoms with E-state index in [1.165, 1.54) is 6.42 Å². The van der Waals surface area contributed by atoms with E-state index in [9.17, 15) is 4.79 Å². The van der Waals surface area contributed by atoms with E-state index in [-0.39, 0.29) is 11.2 Å². The predicted molar refractivity (Wildman–Crippen MR) is 62.6 cm³/mol. The maximum absolute atomic E-state index is 11.4. The summed E-state index contributed by atoms with van der Waals surface area (Å²) in [6.45, 7) is 6.38. The Kier molecular flexibility index (Phi) is 4.30. The molecule has 2 nitrogen and oxygen atoms in total. The third-order valence-electron chi connectivity index (χ3n) is 3.32. The van der Waals surface area contributed by atoms with Crippen LogP contribution < -0.4 is 5.32 Å². The van der Waals surface area contributed by atoms with E-state index < -0.39 is 0 Å². The molecule has 4 atom stereocenters. The lowest BCUT2D eigenvalue weighted by Crippen LogP contribution is -2.42. The minimum atomic E-state index is -0.190. The fourth-order valence-electron chi connectivity index (χ4n) is 2.00. The fourth-order valence-corrected chi connectivity index (χ4v) is 2.07. The number of rotatable bonds is 2. The van der Waals surface area contributed by atoms with Crippen LogP contribution in [-0.4, -0.2) is 17.2 Å². The standard InChI is InChI=1S/C11H21NOS/c1-7-4-5-10(6-8(7)2)12-11(13)9(3)14/h7-10,14H,4-6H2,1-3H3,(H,12,13). The highest BCUT2D eigenvalue weighted by Gasteiger charge is 2.25. The zero-order valence-electron chi connectivity index (χ0n) is 9.29. The van der Waals surface area contributed by atoms with Crippen molar-refractivity contribution in [3.05, 3.63) is 0 Å². The van der Waals surface area contributed by atoms with Gasteiger partial charge in [0.15, 0.2) is 0 Å². The minimum Gasteiger partial charge on any atom is -0.352 e. The van der Waals surface area contributed by atoms with E-state index in [4.69, 9.17) is 0 Å². The van der Waals surface area contributed by atoms with Crippen LogP contribution in [0.2, 0.25) is 0 Å². The third kappa shape index (κ3) is 3.19. The van der Waals surface area contributed by atoms with Gasteiger partial charge in [-0.1, -0.05) is 13.8 Å². The van der Waals surface area contributed by atoms with Crippen molar-refractivity contribution in [1.82, 2.24) is 5.32 Å². The lowest BCUT2D eigenvalue weighted by atomic mass is 9.79.